The van der Waals surface area contributed by atoms with Crippen LogP contribution in [0.5, 0.6) is 5.75 Å². The van der Waals surface area contributed by atoms with Crippen LogP contribution >= 0.6 is 0 Å². The van der Waals surface area contributed by atoms with Gasteiger partial charge in [0.2, 0.25) is 0 Å². The largest absolute Gasteiger partial charge is 0.507 e. The second kappa shape index (κ2) is 7.36. The summed E-state index contributed by atoms with van der Waals surface area (Å²) < 4.78 is 5.52. The number of rotatable bonds is 5. The highest BCUT2D eigenvalue weighted by atomic mass is 16.4. The Labute approximate surface area is 142 Å². The van der Waals surface area contributed by atoms with E-state index in [-0.39, 0.29) is 11.4 Å². The van der Waals surface area contributed by atoms with Gasteiger partial charge in [-0.2, -0.15) is 0 Å². The monoisotopic (exact) mass is 332 g/mol. The van der Waals surface area contributed by atoms with E-state index >= 15 is 0 Å². The number of hydrogen-bond acceptors (Lipinski definition) is 3. The van der Waals surface area contributed by atoms with Crippen LogP contribution < -0.4 is 15.4 Å². The number of nitrogens with one attached hydrogen (secondary N) is 2. The summed E-state index contributed by atoms with van der Waals surface area (Å²) in [6.45, 7) is 7.25. The molecule has 130 valence electrons. The molecule has 5 nitrogen and oxygen atoms in total. The van der Waals surface area contributed by atoms with E-state index in [1.165, 1.54) is 4.90 Å². The van der Waals surface area contributed by atoms with E-state index in [0.717, 1.165) is 62.0 Å². The van der Waals surface area contributed by atoms with Crippen molar-refractivity contribution in [1.29, 1.82) is 0 Å². The van der Waals surface area contributed by atoms with E-state index in [0.29, 0.717) is 12.1 Å². The molecule has 3 rings (SSSR count). The van der Waals surface area contributed by atoms with Crippen LogP contribution in [0.1, 0.15) is 30.9 Å². The second-order valence-electron chi connectivity index (χ2n) is 7.02. The van der Waals surface area contributed by atoms with Crippen molar-refractivity contribution in [3.63, 3.8) is 0 Å². The molecule has 0 bridgehead atoms. The summed E-state index contributed by atoms with van der Waals surface area (Å²) in [6.07, 6.45) is 3.00. The van der Waals surface area contributed by atoms with Crippen LogP contribution in [0.2, 0.25) is 0 Å². The summed E-state index contributed by atoms with van der Waals surface area (Å²) in [7, 11) is 2.21. The summed E-state index contributed by atoms with van der Waals surface area (Å²) in [6, 6.07) is 5.23. The van der Waals surface area contributed by atoms with Crippen LogP contribution in [0, 0.1) is 0 Å². The molecule has 1 aromatic heterocycles. The van der Waals surface area contributed by atoms with Gasteiger partial charge < -0.3 is 19.3 Å². The SMILES string of the molecule is CCCCc1cc(=O)oc2c(C[NH+]3CC[NH+](C)CC3)c(O)ccc12. The number of aromatic hydroxyl groups is 1. The molecular formula is C19H28N2O3+2. The Morgan fingerprint density at radius 2 is 1.96 bits per heavy atom. The summed E-state index contributed by atoms with van der Waals surface area (Å²) in [5.41, 5.74) is 2.06. The van der Waals surface area contributed by atoms with Crippen molar-refractivity contribution >= 4 is 11.0 Å². The predicted molar refractivity (Wildman–Crippen MR) is 93.8 cm³/mol. The van der Waals surface area contributed by atoms with E-state index in [2.05, 4.69) is 14.0 Å². The summed E-state index contributed by atoms with van der Waals surface area (Å²) in [5.74, 6) is 0.233. The molecule has 0 radical (unpaired) electrons. The van der Waals surface area contributed by atoms with Gasteiger partial charge in [0, 0.05) is 11.5 Å². The van der Waals surface area contributed by atoms with E-state index < -0.39 is 0 Å². The number of likely N-dealkylation sites (N-methyl/N-ethyl adjacent to an activating group) is 1. The standard InChI is InChI=1S/C19H26N2O3/c1-3-4-5-14-12-18(23)24-19-15(14)6-7-17(22)16(19)13-21-10-8-20(2)9-11-21/h6-7,12,22H,3-5,8-11,13H2,1-2H3/p+2. The average molecular weight is 332 g/mol. The topological polar surface area (TPSA) is 59.3 Å². The highest BCUT2D eigenvalue weighted by Crippen LogP contribution is 2.28. The minimum atomic E-state index is -0.321. The Bertz CT molecular complexity index is 761. The van der Waals surface area contributed by atoms with Gasteiger partial charge in [-0.05, 0) is 30.5 Å². The Hall–Kier alpha value is -1.85. The number of piperazine rings is 1. The molecule has 2 aromatic rings. The Kier molecular flexibility index (Phi) is 5.21. The maximum absolute atomic E-state index is 12.0. The zero-order chi connectivity index (χ0) is 17.1. The third-order valence-corrected chi connectivity index (χ3v) is 5.11. The zero-order valence-electron chi connectivity index (χ0n) is 14.7. The van der Waals surface area contributed by atoms with E-state index in [4.69, 9.17) is 4.42 Å². The molecule has 1 fully saturated rings. The highest BCUT2D eigenvalue weighted by molar-refractivity contribution is 5.85. The molecule has 1 saturated heterocycles. The minimum Gasteiger partial charge on any atom is -0.507 e. The van der Waals surface area contributed by atoms with Crippen molar-refractivity contribution in [2.75, 3.05) is 33.2 Å². The summed E-state index contributed by atoms with van der Waals surface area (Å²) in [5, 5.41) is 11.3. The van der Waals surface area contributed by atoms with Gasteiger partial charge in [-0.1, -0.05) is 13.3 Å². The number of fused-ring (bicyclic) bond motifs is 1. The van der Waals surface area contributed by atoms with Gasteiger partial charge in [0.15, 0.2) is 5.58 Å². The first-order chi connectivity index (χ1) is 11.6. The lowest BCUT2D eigenvalue weighted by Gasteiger charge is -2.27. The number of quaternary nitrogens is 2. The van der Waals surface area contributed by atoms with Gasteiger partial charge in [-0.25, -0.2) is 4.79 Å². The molecule has 0 unspecified atom stereocenters. The van der Waals surface area contributed by atoms with Crippen LogP contribution in [0.3, 0.4) is 0 Å². The number of aryl methyl sites for hydroxylation is 1. The molecule has 0 atom stereocenters. The van der Waals surface area contributed by atoms with Gasteiger partial charge in [-0.15, -0.1) is 0 Å². The number of hydrogen-bond donors (Lipinski definition) is 3. The third-order valence-electron chi connectivity index (χ3n) is 5.11. The maximum Gasteiger partial charge on any atom is 0.336 e. The van der Waals surface area contributed by atoms with Crippen molar-refractivity contribution in [1.82, 2.24) is 0 Å². The quantitative estimate of drug-likeness (QED) is 0.662. The lowest BCUT2D eigenvalue weighted by molar-refractivity contribution is -1.01. The first-order valence-corrected chi connectivity index (χ1v) is 9.01. The Morgan fingerprint density at radius 1 is 1.21 bits per heavy atom. The number of unbranched alkanes of at least 4 members (excludes halogenated alkanes) is 1. The molecule has 1 aliphatic heterocycles. The molecule has 0 aliphatic carbocycles. The lowest BCUT2D eigenvalue weighted by Crippen LogP contribution is -3.26. The first kappa shape index (κ1) is 17.0. The number of phenols is 1. The smallest absolute Gasteiger partial charge is 0.336 e. The predicted octanol–water partition coefficient (Wildman–Crippen LogP) is -0.246. The van der Waals surface area contributed by atoms with Crippen LogP contribution in [-0.2, 0) is 13.0 Å². The van der Waals surface area contributed by atoms with Gasteiger partial charge >= 0.3 is 5.63 Å². The van der Waals surface area contributed by atoms with E-state index in [1.807, 2.05) is 6.07 Å². The molecule has 5 heteroatoms. The molecule has 0 amide bonds. The van der Waals surface area contributed by atoms with Crippen molar-refractivity contribution in [2.24, 2.45) is 0 Å². The summed E-state index contributed by atoms with van der Waals surface area (Å²) >= 11 is 0. The molecule has 0 saturated carbocycles. The van der Waals surface area contributed by atoms with Gasteiger partial charge in [0.25, 0.3) is 0 Å². The Balaban J connectivity index is 1.98. The van der Waals surface area contributed by atoms with Crippen molar-refractivity contribution < 1.29 is 19.3 Å². The lowest BCUT2D eigenvalue weighted by atomic mass is 10.0. The van der Waals surface area contributed by atoms with Crippen molar-refractivity contribution in [3.8, 4) is 5.75 Å². The Morgan fingerprint density at radius 3 is 2.67 bits per heavy atom. The van der Waals surface area contributed by atoms with Gasteiger partial charge in [-0.3, -0.25) is 0 Å². The number of phenolic OH excluding ortho intramolecular Hbond substituents is 1. The van der Waals surface area contributed by atoms with Crippen molar-refractivity contribution in [2.45, 2.75) is 32.7 Å². The van der Waals surface area contributed by atoms with Crippen molar-refractivity contribution in [3.05, 3.63) is 39.7 Å². The molecule has 1 aliphatic rings. The molecule has 0 spiro atoms. The first-order valence-electron chi connectivity index (χ1n) is 9.01. The fourth-order valence-corrected chi connectivity index (χ4v) is 3.54. The average Bonchev–Trinajstić information content (AvgIpc) is 2.57. The summed E-state index contributed by atoms with van der Waals surface area (Å²) in [4.78, 5) is 15.0. The van der Waals surface area contributed by atoms with Crippen LogP contribution in [0.4, 0.5) is 0 Å². The molecular weight excluding hydrogens is 304 g/mol. The fourth-order valence-electron chi connectivity index (χ4n) is 3.54. The van der Waals surface area contributed by atoms with Crippen LogP contribution in [-0.4, -0.2) is 38.3 Å². The zero-order valence-corrected chi connectivity index (χ0v) is 14.7. The maximum atomic E-state index is 12.0. The van der Waals surface area contributed by atoms with Gasteiger partial charge in [0.1, 0.15) is 38.5 Å². The molecule has 2 heterocycles. The molecule has 24 heavy (non-hydrogen) atoms. The van der Waals surface area contributed by atoms with Crippen LogP contribution in [0.15, 0.2) is 27.4 Å². The highest BCUT2D eigenvalue weighted by Gasteiger charge is 2.23. The fraction of sp³-hybridized carbons (Fsp3) is 0.526. The van der Waals surface area contributed by atoms with Gasteiger partial charge in [0.05, 0.1) is 12.6 Å². The van der Waals surface area contributed by atoms with E-state index in [1.54, 1.807) is 17.0 Å². The normalized spacial score (nSPS) is 21.2. The van der Waals surface area contributed by atoms with Crippen LogP contribution in [0.25, 0.3) is 11.0 Å². The van der Waals surface area contributed by atoms with E-state index in [9.17, 15) is 9.90 Å². The molecule has 1 aromatic carbocycles. The second-order valence-corrected chi connectivity index (χ2v) is 7.02. The number of benzene rings is 1. The molecule has 3 N–H and O–H groups in total. The minimum absolute atomic E-state index is 0.233. The third kappa shape index (κ3) is 3.62.